The number of anilines is 1. The molecule has 32 heavy (non-hydrogen) atoms. The van der Waals surface area contributed by atoms with E-state index < -0.39 is 24.1 Å². The Balaban J connectivity index is 1.40. The maximum atomic E-state index is 14.2. The van der Waals surface area contributed by atoms with E-state index in [-0.39, 0.29) is 12.5 Å². The van der Waals surface area contributed by atoms with Crippen molar-refractivity contribution in [2.45, 2.75) is 25.7 Å². The fourth-order valence-electron chi connectivity index (χ4n) is 4.51. The number of benzene rings is 2. The predicted molar refractivity (Wildman–Crippen MR) is 117 cm³/mol. The lowest BCUT2D eigenvalue weighted by Crippen LogP contribution is -2.64. The molecule has 2 aromatic rings. The third kappa shape index (κ3) is 3.16. The summed E-state index contributed by atoms with van der Waals surface area (Å²) in [5.41, 5.74) is 1.25. The van der Waals surface area contributed by atoms with Crippen molar-refractivity contribution in [2.75, 3.05) is 31.6 Å². The molecule has 2 aromatic carbocycles. The van der Waals surface area contributed by atoms with Gasteiger partial charge in [-0.2, -0.15) is 0 Å². The number of amides is 3. The van der Waals surface area contributed by atoms with Crippen molar-refractivity contribution in [3.63, 3.8) is 0 Å². The van der Waals surface area contributed by atoms with Crippen LogP contribution >= 0.6 is 0 Å². The van der Waals surface area contributed by atoms with E-state index in [0.717, 1.165) is 16.3 Å². The van der Waals surface area contributed by atoms with Crippen LogP contribution in [-0.2, 0) is 11.3 Å². The summed E-state index contributed by atoms with van der Waals surface area (Å²) >= 11 is 0. The number of ether oxygens (including phenoxy) is 1. The van der Waals surface area contributed by atoms with Crippen LogP contribution < -0.4 is 9.64 Å². The number of likely N-dealkylation sites (N-methyl/N-ethyl adjacent to an activating group) is 1. The first kappa shape index (κ1) is 20.3. The number of aliphatic imine (C=N–C) groups is 1. The molecule has 2 saturated heterocycles. The average Bonchev–Trinajstić information content (AvgIpc) is 3.37. The molecule has 0 bridgehead atoms. The SMILES string of the molecule is CCOc1ccc(N2CCN3C2=NC2C3C(=O)N(Cc3ccccc3F)C(=O)N2C)cc1. The monoisotopic (exact) mass is 437 g/mol. The van der Waals surface area contributed by atoms with Crippen LogP contribution in [0.4, 0.5) is 14.9 Å². The van der Waals surface area contributed by atoms with E-state index in [1.165, 1.54) is 11.0 Å². The van der Waals surface area contributed by atoms with Crippen molar-refractivity contribution >= 4 is 23.6 Å². The largest absolute Gasteiger partial charge is 0.494 e. The third-order valence-electron chi connectivity index (χ3n) is 6.12. The lowest BCUT2D eigenvalue weighted by atomic mass is 10.1. The van der Waals surface area contributed by atoms with Gasteiger partial charge < -0.3 is 19.4 Å². The van der Waals surface area contributed by atoms with Crippen molar-refractivity contribution in [2.24, 2.45) is 4.99 Å². The molecule has 2 fully saturated rings. The number of urea groups is 1. The molecule has 0 N–H and O–H groups in total. The number of hydrogen-bond donors (Lipinski definition) is 0. The van der Waals surface area contributed by atoms with E-state index in [9.17, 15) is 14.0 Å². The van der Waals surface area contributed by atoms with E-state index in [4.69, 9.17) is 9.73 Å². The predicted octanol–water partition coefficient (Wildman–Crippen LogP) is 2.50. The fraction of sp³-hybridized carbons (Fsp3) is 0.348. The highest BCUT2D eigenvalue weighted by Gasteiger charge is 2.54. The molecule has 0 saturated carbocycles. The molecule has 3 aliphatic rings. The second-order valence-electron chi connectivity index (χ2n) is 7.97. The fourth-order valence-corrected chi connectivity index (χ4v) is 4.51. The lowest BCUT2D eigenvalue weighted by molar-refractivity contribution is -0.137. The van der Waals surface area contributed by atoms with Gasteiger partial charge in [0.1, 0.15) is 11.6 Å². The molecule has 2 unspecified atom stereocenters. The number of imide groups is 1. The number of hydrogen-bond acceptors (Lipinski definition) is 6. The van der Waals surface area contributed by atoms with Gasteiger partial charge in [0.2, 0.25) is 5.96 Å². The summed E-state index contributed by atoms with van der Waals surface area (Å²) in [7, 11) is 1.63. The molecule has 9 heteroatoms. The summed E-state index contributed by atoms with van der Waals surface area (Å²) in [5, 5.41) is 0. The topological polar surface area (TPSA) is 68.7 Å². The van der Waals surface area contributed by atoms with Crippen molar-refractivity contribution < 1.29 is 18.7 Å². The standard InChI is InChI=1S/C23H24FN5O3/c1-3-32-17-10-8-16(9-11-17)27-12-13-28-19-20(25-22(27)28)26(2)23(31)29(21(19)30)14-15-6-4-5-7-18(15)24/h4-11,19-20H,3,12-14H2,1-2H3. The first-order valence-electron chi connectivity index (χ1n) is 10.7. The highest BCUT2D eigenvalue weighted by molar-refractivity contribution is 6.07. The smallest absolute Gasteiger partial charge is 0.328 e. The number of halogens is 1. The summed E-state index contributed by atoms with van der Waals surface area (Å²) < 4.78 is 19.7. The van der Waals surface area contributed by atoms with Crippen molar-refractivity contribution in [1.82, 2.24) is 14.7 Å². The average molecular weight is 437 g/mol. The Morgan fingerprint density at radius 1 is 1.09 bits per heavy atom. The van der Waals surface area contributed by atoms with Crippen molar-refractivity contribution in [3.8, 4) is 5.75 Å². The number of guanidine groups is 1. The molecule has 2 atom stereocenters. The van der Waals surface area contributed by atoms with Crippen LogP contribution in [0, 0.1) is 5.82 Å². The molecule has 3 heterocycles. The second-order valence-corrected chi connectivity index (χ2v) is 7.97. The van der Waals surface area contributed by atoms with Gasteiger partial charge in [-0.25, -0.2) is 14.2 Å². The lowest BCUT2D eigenvalue weighted by Gasteiger charge is -2.40. The Hall–Kier alpha value is -3.62. The zero-order valence-electron chi connectivity index (χ0n) is 17.9. The van der Waals surface area contributed by atoms with Crippen LogP contribution in [0.2, 0.25) is 0 Å². The van der Waals surface area contributed by atoms with Gasteiger partial charge in [0.15, 0.2) is 12.2 Å². The van der Waals surface area contributed by atoms with E-state index in [0.29, 0.717) is 31.2 Å². The maximum absolute atomic E-state index is 14.2. The van der Waals surface area contributed by atoms with Crippen LogP contribution in [0.5, 0.6) is 5.75 Å². The Kier molecular flexibility index (Phi) is 4.96. The molecule has 0 aliphatic carbocycles. The van der Waals surface area contributed by atoms with Gasteiger partial charge in [-0.15, -0.1) is 0 Å². The van der Waals surface area contributed by atoms with Gasteiger partial charge in [-0.05, 0) is 37.3 Å². The molecule has 8 nitrogen and oxygen atoms in total. The summed E-state index contributed by atoms with van der Waals surface area (Å²) in [6, 6.07) is 12.8. The molecule has 0 radical (unpaired) electrons. The van der Waals surface area contributed by atoms with Crippen LogP contribution in [-0.4, -0.2) is 71.5 Å². The molecule has 5 rings (SSSR count). The third-order valence-corrected chi connectivity index (χ3v) is 6.12. The first-order chi connectivity index (χ1) is 15.5. The van der Waals surface area contributed by atoms with Crippen LogP contribution in [0.3, 0.4) is 0 Å². The normalized spacial score (nSPS) is 22.3. The van der Waals surface area contributed by atoms with E-state index in [1.54, 1.807) is 25.2 Å². The number of carbonyl (C=O) groups excluding carboxylic acids is 2. The van der Waals surface area contributed by atoms with Crippen LogP contribution in [0.15, 0.2) is 53.5 Å². The highest BCUT2D eigenvalue weighted by Crippen LogP contribution is 2.34. The van der Waals surface area contributed by atoms with Gasteiger partial charge in [0.05, 0.1) is 13.2 Å². The molecular formula is C23H24FN5O3. The Labute approximate surface area is 185 Å². The Bertz CT molecular complexity index is 1090. The van der Waals surface area contributed by atoms with E-state index >= 15 is 0 Å². The minimum absolute atomic E-state index is 0.107. The number of rotatable bonds is 5. The molecule has 3 aliphatic heterocycles. The molecule has 3 amide bonds. The van der Waals surface area contributed by atoms with Gasteiger partial charge in [-0.3, -0.25) is 9.69 Å². The number of fused-ring (bicyclic) bond motifs is 3. The van der Waals surface area contributed by atoms with E-state index in [2.05, 4.69) is 0 Å². The van der Waals surface area contributed by atoms with Gasteiger partial charge in [-0.1, -0.05) is 18.2 Å². The van der Waals surface area contributed by atoms with E-state index in [1.807, 2.05) is 41.0 Å². The van der Waals surface area contributed by atoms with Crippen molar-refractivity contribution in [3.05, 3.63) is 59.9 Å². The summed E-state index contributed by atoms with van der Waals surface area (Å²) in [6.07, 6.45) is -0.604. The molecule has 0 aromatic heterocycles. The second kappa shape index (κ2) is 7.81. The maximum Gasteiger partial charge on any atom is 0.328 e. The summed E-state index contributed by atoms with van der Waals surface area (Å²) in [5.74, 6) is 0.668. The van der Waals surface area contributed by atoms with Crippen LogP contribution in [0.1, 0.15) is 12.5 Å². The Morgan fingerprint density at radius 3 is 2.56 bits per heavy atom. The molecule has 0 spiro atoms. The first-order valence-corrected chi connectivity index (χ1v) is 10.7. The summed E-state index contributed by atoms with van der Waals surface area (Å²) in [6.45, 7) is 3.71. The number of nitrogens with zero attached hydrogens (tertiary/aromatic N) is 5. The summed E-state index contributed by atoms with van der Waals surface area (Å²) in [4.78, 5) is 37.7. The van der Waals surface area contributed by atoms with Gasteiger partial charge in [0.25, 0.3) is 5.91 Å². The number of carbonyl (C=O) groups is 2. The highest BCUT2D eigenvalue weighted by atomic mass is 19.1. The molecule has 166 valence electrons. The minimum atomic E-state index is -0.618. The quantitative estimate of drug-likeness (QED) is 0.719. The zero-order chi connectivity index (χ0) is 22.4. The van der Waals surface area contributed by atoms with Gasteiger partial charge in [0, 0.05) is 31.4 Å². The van der Waals surface area contributed by atoms with Crippen LogP contribution in [0.25, 0.3) is 0 Å². The Morgan fingerprint density at radius 2 is 1.84 bits per heavy atom. The minimum Gasteiger partial charge on any atom is -0.494 e. The van der Waals surface area contributed by atoms with Gasteiger partial charge >= 0.3 is 6.03 Å². The zero-order valence-corrected chi connectivity index (χ0v) is 17.9. The molecular weight excluding hydrogens is 413 g/mol. The van der Waals surface area contributed by atoms with Crippen molar-refractivity contribution in [1.29, 1.82) is 0 Å².